The molecule has 1 aromatic rings. The van der Waals surface area contributed by atoms with Crippen LogP contribution in [0.15, 0.2) is 18.2 Å². The third-order valence-corrected chi connectivity index (χ3v) is 3.62. The van der Waals surface area contributed by atoms with E-state index >= 15 is 0 Å². The van der Waals surface area contributed by atoms with Crippen molar-refractivity contribution in [2.75, 3.05) is 0 Å². The first kappa shape index (κ1) is 15.4. The summed E-state index contributed by atoms with van der Waals surface area (Å²) in [6.45, 7) is 6.06. The largest absolute Gasteiger partial charge is 0.478 e. The summed E-state index contributed by atoms with van der Waals surface area (Å²) in [6, 6.07) is 3.45. The zero-order valence-electron chi connectivity index (χ0n) is 11.4. The average Bonchev–Trinajstić information content (AvgIpc) is 2.74. The van der Waals surface area contributed by atoms with Crippen LogP contribution in [0.25, 0.3) is 6.08 Å². The van der Waals surface area contributed by atoms with Crippen LogP contribution in [-0.4, -0.2) is 22.5 Å². The Hall–Kier alpha value is -1.62. The zero-order valence-corrected chi connectivity index (χ0v) is 12.2. The normalized spacial score (nSPS) is 11.7. The Morgan fingerprint density at radius 2 is 2.11 bits per heavy atom. The predicted octanol–water partition coefficient (Wildman–Crippen LogP) is 3.15. The van der Waals surface area contributed by atoms with Crippen molar-refractivity contribution in [3.63, 3.8) is 0 Å². The van der Waals surface area contributed by atoms with Gasteiger partial charge in [0.1, 0.15) is 0 Å². The number of hydrogen-bond donors (Lipinski definition) is 2. The van der Waals surface area contributed by atoms with Crippen molar-refractivity contribution in [2.45, 2.75) is 39.2 Å². The van der Waals surface area contributed by atoms with E-state index in [2.05, 4.69) is 12.2 Å². The number of carboxylic acids is 1. The molecular formula is C14H19NO3S. The first-order valence-corrected chi connectivity index (χ1v) is 6.99. The highest BCUT2D eigenvalue weighted by atomic mass is 32.1. The van der Waals surface area contributed by atoms with Crippen LogP contribution >= 0.6 is 11.3 Å². The molecule has 0 aromatic carbocycles. The number of carboxylic acid groups (broad SMARTS) is 1. The Bertz CT molecular complexity index is 489. The summed E-state index contributed by atoms with van der Waals surface area (Å²) >= 11 is 1.28. The number of carbonyl (C=O) groups excluding carboxylic acids is 1. The fourth-order valence-electron chi connectivity index (χ4n) is 1.77. The van der Waals surface area contributed by atoms with E-state index in [-0.39, 0.29) is 11.4 Å². The molecule has 0 aliphatic carbocycles. The van der Waals surface area contributed by atoms with Crippen LogP contribution in [0.2, 0.25) is 0 Å². The fraction of sp³-hybridized carbons (Fsp3) is 0.429. The molecule has 0 saturated heterocycles. The lowest BCUT2D eigenvalue weighted by atomic mass is 9.99. The first-order valence-electron chi connectivity index (χ1n) is 6.17. The maximum atomic E-state index is 12.0. The Morgan fingerprint density at radius 3 is 2.68 bits per heavy atom. The number of amides is 1. The number of thiophene rings is 1. The van der Waals surface area contributed by atoms with Crippen molar-refractivity contribution in [2.24, 2.45) is 0 Å². The molecule has 1 aromatic heterocycles. The predicted molar refractivity (Wildman–Crippen MR) is 77.4 cm³/mol. The van der Waals surface area contributed by atoms with E-state index in [0.29, 0.717) is 4.88 Å². The van der Waals surface area contributed by atoms with E-state index < -0.39 is 5.97 Å². The summed E-state index contributed by atoms with van der Waals surface area (Å²) in [7, 11) is 0. The number of hydrogen-bond acceptors (Lipinski definition) is 3. The molecular weight excluding hydrogens is 262 g/mol. The molecule has 0 unspecified atom stereocenters. The van der Waals surface area contributed by atoms with Crippen LogP contribution in [0, 0.1) is 0 Å². The SMILES string of the molecule is CCCC(C)(C)NC(=O)c1ccc(/C=C/C(=O)O)s1. The summed E-state index contributed by atoms with van der Waals surface area (Å²) < 4.78 is 0. The quantitative estimate of drug-likeness (QED) is 0.787. The van der Waals surface area contributed by atoms with E-state index in [0.717, 1.165) is 23.8 Å². The number of carbonyl (C=O) groups is 2. The summed E-state index contributed by atoms with van der Waals surface area (Å²) in [6.07, 6.45) is 4.47. The topological polar surface area (TPSA) is 66.4 Å². The molecule has 5 heteroatoms. The van der Waals surface area contributed by atoms with Gasteiger partial charge in [-0.1, -0.05) is 13.3 Å². The standard InChI is InChI=1S/C14H19NO3S/c1-4-9-14(2,3)15-13(18)11-7-5-10(19-11)6-8-12(16)17/h5-8H,4,9H2,1-3H3,(H,15,18)(H,16,17)/b8-6+. The van der Waals surface area contributed by atoms with Crippen LogP contribution < -0.4 is 5.32 Å². The van der Waals surface area contributed by atoms with Gasteiger partial charge in [-0.2, -0.15) is 0 Å². The summed E-state index contributed by atoms with van der Waals surface area (Å²) in [5.74, 6) is -1.11. The van der Waals surface area contributed by atoms with Crippen molar-refractivity contribution in [1.82, 2.24) is 5.32 Å². The third-order valence-electron chi connectivity index (χ3n) is 2.57. The van der Waals surface area contributed by atoms with E-state index in [1.165, 1.54) is 17.4 Å². The molecule has 1 rings (SSSR count). The van der Waals surface area contributed by atoms with Gasteiger partial charge in [0, 0.05) is 16.5 Å². The minimum atomic E-state index is -0.997. The molecule has 1 heterocycles. The van der Waals surface area contributed by atoms with Gasteiger partial charge in [0.15, 0.2) is 0 Å². The van der Waals surface area contributed by atoms with Crippen LogP contribution in [0.1, 0.15) is 48.2 Å². The highest BCUT2D eigenvalue weighted by Gasteiger charge is 2.20. The number of rotatable bonds is 6. The summed E-state index contributed by atoms with van der Waals surface area (Å²) in [5, 5.41) is 11.5. The van der Waals surface area contributed by atoms with Gasteiger partial charge in [-0.25, -0.2) is 4.79 Å². The molecule has 2 N–H and O–H groups in total. The molecule has 0 saturated carbocycles. The molecule has 0 bridgehead atoms. The van der Waals surface area contributed by atoms with Crippen molar-refractivity contribution in [3.05, 3.63) is 28.0 Å². The molecule has 0 spiro atoms. The molecule has 0 atom stereocenters. The van der Waals surface area contributed by atoms with Gasteiger partial charge < -0.3 is 10.4 Å². The van der Waals surface area contributed by atoms with Gasteiger partial charge in [0.05, 0.1) is 4.88 Å². The number of nitrogens with one attached hydrogen (secondary N) is 1. The van der Waals surface area contributed by atoms with Gasteiger partial charge in [0.2, 0.25) is 0 Å². The third kappa shape index (κ3) is 5.26. The minimum Gasteiger partial charge on any atom is -0.478 e. The lowest BCUT2D eigenvalue weighted by molar-refractivity contribution is -0.131. The van der Waals surface area contributed by atoms with Gasteiger partial charge in [0.25, 0.3) is 5.91 Å². The van der Waals surface area contributed by atoms with E-state index in [1.54, 1.807) is 12.1 Å². The zero-order chi connectivity index (χ0) is 14.5. The molecule has 4 nitrogen and oxygen atoms in total. The van der Waals surface area contributed by atoms with E-state index in [4.69, 9.17) is 5.11 Å². The highest BCUT2D eigenvalue weighted by Crippen LogP contribution is 2.19. The van der Waals surface area contributed by atoms with Gasteiger partial charge >= 0.3 is 5.97 Å². The Morgan fingerprint density at radius 1 is 1.42 bits per heavy atom. The average molecular weight is 281 g/mol. The number of aliphatic carboxylic acids is 1. The second-order valence-corrected chi connectivity index (χ2v) is 6.08. The van der Waals surface area contributed by atoms with Crippen molar-refractivity contribution < 1.29 is 14.7 Å². The van der Waals surface area contributed by atoms with Crippen LogP contribution in [0.3, 0.4) is 0 Å². The van der Waals surface area contributed by atoms with Crippen molar-refractivity contribution in [1.29, 1.82) is 0 Å². The van der Waals surface area contributed by atoms with Crippen LogP contribution in [0.4, 0.5) is 0 Å². The molecule has 0 aliphatic heterocycles. The van der Waals surface area contributed by atoms with E-state index in [1.807, 2.05) is 13.8 Å². The summed E-state index contributed by atoms with van der Waals surface area (Å²) in [4.78, 5) is 23.8. The molecule has 0 fully saturated rings. The fourth-order valence-corrected chi connectivity index (χ4v) is 2.58. The Kier molecular flexibility index (Phi) is 5.30. The smallest absolute Gasteiger partial charge is 0.328 e. The van der Waals surface area contributed by atoms with Gasteiger partial charge in [-0.05, 0) is 38.5 Å². The molecule has 19 heavy (non-hydrogen) atoms. The van der Waals surface area contributed by atoms with Gasteiger partial charge in [-0.3, -0.25) is 4.79 Å². The molecule has 104 valence electrons. The first-order chi connectivity index (χ1) is 8.84. The monoisotopic (exact) mass is 281 g/mol. The second-order valence-electron chi connectivity index (χ2n) is 4.96. The Labute approximate surface area is 117 Å². The minimum absolute atomic E-state index is 0.113. The maximum Gasteiger partial charge on any atom is 0.328 e. The molecule has 0 radical (unpaired) electrons. The summed E-state index contributed by atoms with van der Waals surface area (Å²) in [5.41, 5.74) is -0.229. The lowest BCUT2D eigenvalue weighted by Crippen LogP contribution is -2.42. The molecule has 0 aliphatic rings. The van der Waals surface area contributed by atoms with Crippen molar-refractivity contribution in [3.8, 4) is 0 Å². The maximum absolute atomic E-state index is 12.0. The van der Waals surface area contributed by atoms with Gasteiger partial charge in [-0.15, -0.1) is 11.3 Å². The Balaban J connectivity index is 2.71. The highest BCUT2D eigenvalue weighted by molar-refractivity contribution is 7.14. The van der Waals surface area contributed by atoms with Crippen molar-refractivity contribution >= 4 is 29.3 Å². The lowest BCUT2D eigenvalue weighted by Gasteiger charge is -2.25. The van der Waals surface area contributed by atoms with Crippen LogP contribution in [0.5, 0.6) is 0 Å². The van der Waals surface area contributed by atoms with E-state index in [9.17, 15) is 9.59 Å². The van der Waals surface area contributed by atoms with Crippen LogP contribution in [-0.2, 0) is 4.79 Å². The molecule has 1 amide bonds. The second kappa shape index (κ2) is 6.52.